The van der Waals surface area contributed by atoms with E-state index in [0.29, 0.717) is 149 Å². The summed E-state index contributed by atoms with van der Waals surface area (Å²) in [5.41, 5.74) is -1.33. The van der Waals surface area contributed by atoms with Gasteiger partial charge in [0.25, 0.3) is 0 Å². The number of hydrogen-bond acceptors (Lipinski definition) is 16. The molecule has 0 aromatic rings. The van der Waals surface area contributed by atoms with E-state index in [9.17, 15) is 42.9 Å². The summed E-state index contributed by atoms with van der Waals surface area (Å²) in [6.07, 6.45) is 11.8. The second kappa shape index (κ2) is 47.3. The minimum atomic E-state index is -4.64. The number of rotatable bonds is 52. The molecule has 8 amide bonds. The molecule has 0 spiro atoms. The van der Waals surface area contributed by atoms with Gasteiger partial charge in [-0.3, -0.25) is 42.9 Å². The van der Waals surface area contributed by atoms with Gasteiger partial charge in [0.15, 0.2) is 0 Å². The maximum atomic E-state index is 13.7. The molecule has 0 radical (unpaired) electrons. The van der Waals surface area contributed by atoms with Crippen LogP contribution in [0.25, 0.3) is 0 Å². The van der Waals surface area contributed by atoms with E-state index in [1.807, 2.05) is 0 Å². The Hall–Kier alpha value is -4.37. The van der Waals surface area contributed by atoms with Crippen molar-refractivity contribution in [2.75, 3.05) is 112 Å². The van der Waals surface area contributed by atoms with Crippen LogP contribution in [0.4, 0.5) is 0 Å². The van der Waals surface area contributed by atoms with E-state index in [0.717, 1.165) is 32.1 Å². The van der Waals surface area contributed by atoms with Gasteiger partial charge in [0.2, 0.25) is 47.3 Å². The molecule has 1 saturated heterocycles. The molecule has 0 unspecified atom stereocenters. The van der Waals surface area contributed by atoms with Gasteiger partial charge in [-0.1, -0.05) is 25.7 Å². The zero-order chi connectivity index (χ0) is 58.3. The van der Waals surface area contributed by atoms with Gasteiger partial charge in [-0.25, -0.2) is 4.57 Å². The summed E-state index contributed by atoms with van der Waals surface area (Å²) in [6.45, 7) is 1.76. The lowest BCUT2D eigenvalue weighted by molar-refractivity contribution is -0.133. The van der Waals surface area contributed by atoms with Crippen molar-refractivity contribution < 1.29 is 86.8 Å². The fourth-order valence-corrected chi connectivity index (χ4v) is 8.54. The molecular weight excluding hydrogens is 1060 g/mol. The molecule has 0 bridgehead atoms. The number of nitrogens with zero attached hydrogens (tertiary/aromatic N) is 1. The van der Waals surface area contributed by atoms with Gasteiger partial charge in [-0.2, -0.15) is 0 Å². The molecule has 1 aliphatic heterocycles. The number of ether oxygens (including phenoxy) is 3. The number of aliphatic hydroxyl groups is 3. The van der Waals surface area contributed by atoms with Crippen molar-refractivity contribution in [3.05, 3.63) is 0 Å². The first-order valence-electron chi connectivity index (χ1n) is 28.5. The summed E-state index contributed by atoms with van der Waals surface area (Å²) in [4.78, 5) is 120. The third kappa shape index (κ3) is 42.2. The Morgan fingerprint density at radius 2 is 0.772 bits per heavy atom. The normalized spacial score (nSPS) is 13.4. The molecule has 1 aliphatic rings. The number of carbonyl (C=O) groups is 8. The van der Waals surface area contributed by atoms with Crippen LogP contribution in [0.5, 0.6) is 0 Å². The van der Waals surface area contributed by atoms with Gasteiger partial charge in [-0.05, 0) is 83.5 Å². The summed E-state index contributed by atoms with van der Waals surface area (Å²) in [5, 5.41) is 46.5. The van der Waals surface area contributed by atoms with Gasteiger partial charge in [0.1, 0.15) is 5.54 Å². The molecule has 27 heteroatoms. The standard InChI is InChI=1S/C52H97N8O18P/c61-33-10-7-18-44(64)53-26-14-29-56-47(67)23-36-75-40-52(41-76-37-24-48(68)57-30-15-27-54-45(65)19-8-11-34-62,42-77-38-25-49(69)58-31-16-28-55-46(66)20-9-12-35-63)59-50(70)21-5-3-1-2-4-6-22-51(71)60-32-13-17-43(60)39-78-79(72,73)74/h43,61-63H,1-42H2,(H,53,64)(H,54,65)(H,55,66)(H,56,67)(H,57,68)(H,58,69)(H,59,70)(H2,72,73,74)/t43-/m0/s1. The molecule has 1 atom stereocenters. The number of phosphoric ester groups is 1. The van der Waals surface area contributed by atoms with Gasteiger partial charge in [-0.15, -0.1) is 0 Å². The Kier molecular flexibility index (Phi) is 43.5. The smallest absolute Gasteiger partial charge is 0.396 e. The topological polar surface area (TPSA) is 379 Å². The molecule has 26 nitrogen and oxygen atoms in total. The first kappa shape index (κ1) is 72.6. The highest BCUT2D eigenvalue weighted by atomic mass is 31.2. The summed E-state index contributed by atoms with van der Waals surface area (Å²) < 4.78 is 33.9. The Labute approximate surface area is 466 Å². The fraction of sp³-hybridized carbons (Fsp3) is 0.846. The third-order valence-electron chi connectivity index (χ3n) is 12.6. The predicted molar refractivity (Wildman–Crippen MR) is 292 cm³/mol. The van der Waals surface area contributed by atoms with Crippen LogP contribution in [0.15, 0.2) is 0 Å². The lowest BCUT2D eigenvalue weighted by Gasteiger charge is -2.34. The van der Waals surface area contributed by atoms with E-state index in [1.165, 1.54) is 0 Å². The number of carbonyl (C=O) groups excluding carboxylic acids is 8. The molecule has 79 heavy (non-hydrogen) atoms. The van der Waals surface area contributed by atoms with Crippen LogP contribution in [0.1, 0.15) is 161 Å². The largest absolute Gasteiger partial charge is 0.469 e. The van der Waals surface area contributed by atoms with Crippen LogP contribution in [0, 0.1) is 0 Å². The second-order valence-corrected chi connectivity index (χ2v) is 21.0. The van der Waals surface area contributed by atoms with E-state index in [4.69, 9.17) is 39.3 Å². The summed E-state index contributed by atoms with van der Waals surface area (Å²) in [6, 6.07) is -0.367. The van der Waals surface area contributed by atoms with Gasteiger partial charge in [0, 0.05) is 117 Å². The molecule has 1 rings (SSSR count). The third-order valence-corrected chi connectivity index (χ3v) is 13.1. The Balaban J connectivity index is 2.92. The lowest BCUT2D eigenvalue weighted by atomic mass is 10.0. The maximum absolute atomic E-state index is 13.7. The first-order valence-corrected chi connectivity index (χ1v) is 30.0. The van der Waals surface area contributed by atoms with E-state index in [2.05, 4.69) is 41.7 Å². The zero-order valence-electron chi connectivity index (χ0n) is 46.7. The predicted octanol–water partition coefficient (Wildman–Crippen LogP) is 0.638. The van der Waals surface area contributed by atoms with E-state index < -0.39 is 13.4 Å². The SMILES string of the molecule is O=C(CCCCO)NCCCNC(=O)CCOCC(COCCC(=O)NCCCNC(=O)CCCCO)(COCCC(=O)NCCCNC(=O)CCCCO)NC(=O)CCCCCCCCC(=O)N1CCC[C@H]1COP(=O)(O)O. The number of hydrogen-bond donors (Lipinski definition) is 12. The molecule has 458 valence electrons. The van der Waals surface area contributed by atoms with Crippen LogP contribution >= 0.6 is 7.82 Å². The monoisotopic (exact) mass is 1150 g/mol. The van der Waals surface area contributed by atoms with Gasteiger partial charge < -0.3 is 81.4 Å². The number of phosphoric acid groups is 1. The van der Waals surface area contributed by atoms with Crippen molar-refractivity contribution in [2.45, 2.75) is 172 Å². The van der Waals surface area contributed by atoms with Crippen molar-refractivity contribution >= 4 is 55.1 Å². The second-order valence-electron chi connectivity index (χ2n) is 19.7. The summed E-state index contributed by atoms with van der Waals surface area (Å²) in [7, 11) is -4.64. The van der Waals surface area contributed by atoms with E-state index in [-0.39, 0.29) is 145 Å². The van der Waals surface area contributed by atoms with Crippen LogP contribution in [0.3, 0.4) is 0 Å². The van der Waals surface area contributed by atoms with E-state index >= 15 is 0 Å². The molecule has 0 saturated carbocycles. The average Bonchev–Trinajstić information content (AvgIpc) is 3.90. The van der Waals surface area contributed by atoms with Crippen molar-refractivity contribution in [3.63, 3.8) is 0 Å². The Morgan fingerprint density at radius 3 is 1.14 bits per heavy atom. The number of aliphatic hydroxyl groups excluding tert-OH is 3. The minimum Gasteiger partial charge on any atom is -0.396 e. The van der Waals surface area contributed by atoms with Crippen LogP contribution in [-0.2, 0) is 61.7 Å². The van der Waals surface area contributed by atoms with Crippen molar-refractivity contribution in [1.82, 2.24) is 42.1 Å². The highest BCUT2D eigenvalue weighted by molar-refractivity contribution is 7.46. The van der Waals surface area contributed by atoms with Crippen LogP contribution < -0.4 is 37.2 Å². The highest BCUT2D eigenvalue weighted by Crippen LogP contribution is 2.37. The van der Waals surface area contributed by atoms with Crippen LogP contribution in [-0.4, -0.2) is 201 Å². The van der Waals surface area contributed by atoms with Crippen LogP contribution in [0.2, 0.25) is 0 Å². The van der Waals surface area contributed by atoms with Gasteiger partial charge >= 0.3 is 7.82 Å². The molecule has 1 fully saturated rings. The number of nitrogens with one attached hydrogen (secondary N) is 7. The first-order chi connectivity index (χ1) is 38.0. The van der Waals surface area contributed by atoms with Crippen molar-refractivity contribution in [3.8, 4) is 0 Å². The van der Waals surface area contributed by atoms with Gasteiger partial charge in [0.05, 0.1) is 52.3 Å². The van der Waals surface area contributed by atoms with Crippen molar-refractivity contribution in [2.24, 2.45) is 0 Å². The zero-order valence-corrected chi connectivity index (χ0v) is 47.6. The Bertz CT molecular complexity index is 1640. The average molecular weight is 1150 g/mol. The lowest BCUT2D eigenvalue weighted by Crippen LogP contribution is -2.58. The van der Waals surface area contributed by atoms with E-state index in [1.54, 1.807) is 4.90 Å². The molecule has 0 aromatic carbocycles. The summed E-state index contributed by atoms with van der Waals surface area (Å²) in [5.74, 6) is -1.70. The molecule has 0 aromatic heterocycles. The molecule has 12 N–H and O–H groups in total. The number of amides is 8. The number of likely N-dealkylation sites (tertiary alicyclic amines) is 1. The summed E-state index contributed by atoms with van der Waals surface area (Å²) >= 11 is 0. The molecular formula is C52H97N8O18P. The Morgan fingerprint density at radius 1 is 0.443 bits per heavy atom. The maximum Gasteiger partial charge on any atom is 0.469 e. The fourth-order valence-electron chi connectivity index (χ4n) is 8.18. The quantitative estimate of drug-likeness (QED) is 0.0294. The molecule has 0 aliphatic carbocycles. The molecule has 1 heterocycles. The highest BCUT2D eigenvalue weighted by Gasteiger charge is 2.34. The minimum absolute atomic E-state index is 0.0212. The van der Waals surface area contributed by atoms with Crippen molar-refractivity contribution in [1.29, 1.82) is 0 Å². The number of unbranched alkanes of at least 4 members (excludes halogenated alkanes) is 8.